The van der Waals surface area contributed by atoms with E-state index < -0.39 is 15.6 Å². The molecule has 1 aliphatic carbocycles. The van der Waals surface area contributed by atoms with Crippen molar-refractivity contribution in [2.24, 2.45) is 5.92 Å². The lowest BCUT2D eigenvalue weighted by Crippen LogP contribution is -2.45. The second-order valence-electron chi connectivity index (χ2n) is 5.63. The minimum atomic E-state index is -3.52. The molecular formula is C13H17Br2NO2S. The van der Waals surface area contributed by atoms with Crippen LogP contribution in [-0.2, 0) is 10.0 Å². The number of halogens is 2. The minimum absolute atomic E-state index is 0.277. The maximum Gasteiger partial charge on any atom is 0.242 e. The van der Waals surface area contributed by atoms with Gasteiger partial charge in [0.2, 0.25) is 10.0 Å². The number of hydrogen-bond donors (Lipinski definition) is 1. The van der Waals surface area contributed by atoms with E-state index >= 15 is 0 Å². The van der Waals surface area contributed by atoms with E-state index in [0.29, 0.717) is 10.4 Å². The van der Waals surface area contributed by atoms with Crippen LogP contribution >= 0.6 is 31.9 Å². The highest BCUT2D eigenvalue weighted by molar-refractivity contribution is 9.11. The van der Waals surface area contributed by atoms with Gasteiger partial charge in [0.1, 0.15) is 0 Å². The summed E-state index contributed by atoms with van der Waals surface area (Å²) in [5.74, 6) is 0.440. The van der Waals surface area contributed by atoms with Crippen LogP contribution in [0.3, 0.4) is 0 Å². The molecule has 0 aliphatic heterocycles. The molecule has 0 saturated heterocycles. The fourth-order valence-corrected chi connectivity index (χ4v) is 5.27. The molecule has 106 valence electrons. The lowest BCUT2D eigenvalue weighted by Gasteiger charge is -2.26. The van der Waals surface area contributed by atoms with Gasteiger partial charge in [-0.3, -0.25) is 0 Å². The predicted molar refractivity (Wildman–Crippen MR) is 83.7 cm³/mol. The number of benzene rings is 1. The average molecular weight is 411 g/mol. The Labute approximate surface area is 131 Å². The van der Waals surface area contributed by atoms with Gasteiger partial charge in [-0.05, 0) is 73.2 Å². The average Bonchev–Trinajstić information content (AvgIpc) is 3.05. The second-order valence-corrected chi connectivity index (χ2v) is 8.99. The fourth-order valence-electron chi connectivity index (χ4n) is 2.12. The number of hydrogen-bond acceptors (Lipinski definition) is 2. The van der Waals surface area contributed by atoms with E-state index in [4.69, 9.17) is 0 Å². The highest BCUT2D eigenvalue weighted by atomic mass is 79.9. The van der Waals surface area contributed by atoms with Crippen molar-refractivity contribution >= 4 is 41.9 Å². The molecule has 1 aliphatic rings. The van der Waals surface area contributed by atoms with E-state index in [1.165, 1.54) is 0 Å². The summed E-state index contributed by atoms with van der Waals surface area (Å²) in [6.45, 7) is 5.81. The third-order valence-electron chi connectivity index (χ3n) is 3.50. The summed E-state index contributed by atoms with van der Waals surface area (Å²) in [6.07, 6.45) is 2.18. The van der Waals surface area contributed by atoms with Crippen LogP contribution < -0.4 is 4.72 Å². The zero-order valence-corrected chi connectivity index (χ0v) is 15.1. The summed E-state index contributed by atoms with van der Waals surface area (Å²) < 4.78 is 29.2. The molecule has 0 spiro atoms. The van der Waals surface area contributed by atoms with E-state index in [2.05, 4.69) is 36.6 Å². The Morgan fingerprint density at radius 1 is 1.21 bits per heavy atom. The number of aryl methyl sites for hydroxylation is 1. The molecule has 0 bridgehead atoms. The van der Waals surface area contributed by atoms with Crippen molar-refractivity contribution in [1.82, 2.24) is 4.72 Å². The van der Waals surface area contributed by atoms with Crippen LogP contribution in [0, 0.1) is 12.8 Å². The first-order chi connectivity index (χ1) is 8.63. The molecule has 0 unspecified atom stereocenters. The van der Waals surface area contributed by atoms with Crippen molar-refractivity contribution in [3.05, 3.63) is 26.6 Å². The minimum Gasteiger partial charge on any atom is -0.207 e. The van der Waals surface area contributed by atoms with Gasteiger partial charge in [0.05, 0.1) is 4.90 Å². The Hall–Kier alpha value is 0.0900. The Bertz CT molecular complexity index is 607. The molecule has 6 heteroatoms. The maximum atomic E-state index is 12.5. The van der Waals surface area contributed by atoms with E-state index in [9.17, 15) is 8.42 Å². The number of sulfonamides is 1. The van der Waals surface area contributed by atoms with Crippen molar-refractivity contribution in [3.8, 4) is 0 Å². The molecule has 3 nitrogen and oxygen atoms in total. The van der Waals surface area contributed by atoms with Crippen LogP contribution in [0.4, 0.5) is 0 Å². The lowest BCUT2D eigenvalue weighted by molar-refractivity contribution is 0.400. The molecule has 2 rings (SSSR count). The Kier molecular flexibility index (Phi) is 4.18. The molecular weight excluding hydrogens is 394 g/mol. The number of nitrogens with one attached hydrogen (secondary N) is 1. The molecule has 1 aromatic rings. The Morgan fingerprint density at radius 3 is 2.32 bits per heavy atom. The van der Waals surface area contributed by atoms with E-state index in [1.807, 2.05) is 26.8 Å². The SMILES string of the molecule is Cc1cc(Br)c(S(=O)(=O)NC(C)(C)C2CC2)cc1Br. The third-order valence-corrected chi connectivity index (χ3v) is 6.98. The molecule has 1 saturated carbocycles. The van der Waals surface area contributed by atoms with Crippen LogP contribution in [-0.4, -0.2) is 14.0 Å². The zero-order chi connectivity index (χ0) is 14.4. The van der Waals surface area contributed by atoms with Crippen molar-refractivity contribution in [2.75, 3.05) is 0 Å². The summed E-state index contributed by atoms with van der Waals surface area (Å²) in [6, 6.07) is 3.45. The largest absolute Gasteiger partial charge is 0.242 e. The third kappa shape index (κ3) is 3.40. The maximum absolute atomic E-state index is 12.5. The van der Waals surface area contributed by atoms with E-state index in [0.717, 1.165) is 22.9 Å². The molecule has 0 amide bonds. The summed E-state index contributed by atoms with van der Waals surface area (Å²) in [5, 5.41) is 0. The summed E-state index contributed by atoms with van der Waals surface area (Å²) >= 11 is 6.72. The van der Waals surface area contributed by atoms with Gasteiger partial charge in [-0.15, -0.1) is 0 Å². The van der Waals surface area contributed by atoms with Crippen molar-refractivity contribution in [2.45, 2.75) is 44.0 Å². The van der Waals surface area contributed by atoms with Gasteiger partial charge < -0.3 is 0 Å². The Balaban J connectivity index is 2.37. The topological polar surface area (TPSA) is 46.2 Å². The van der Waals surface area contributed by atoms with Crippen molar-refractivity contribution in [1.29, 1.82) is 0 Å². The first-order valence-corrected chi connectivity index (χ1v) is 9.20. The van der Waals surface area contributed by atoms with Crippen LogP contribution in [0.25, 0.3) is 0 Å². The Morgan fingerprint density at radius 2 is 1.79 bits per heavy atom. The lowest BCUT2D eigenvalue weighted by atomic mass is 10.0. The summed E-state index contributed by atoms with van der Waals surface area (Å²) in [4.78, 5) is 0.277. The first kappa shape index (κ1) is 15.5. The standard InChI is InChI=1S/C13H17Br2NO2S/c1-8-6-11(15)12(7-10(8)14)19(17,18)16-13(2,3)9-4-5-9/h6-7,9,16H,4-5H2,1-3H3. The number of rotatable bonds is 4. The van der Waals surface area contributed by atoms with Crippen LogP contribution in [0.1, 0.15) is 32.3 Å². The van der Waals surface area contributed by atoms with Gasteiger partial charge in [0.15, 0.2) is 0 Å². The van der Waals surface area contributed by atoms with E-state index in [-0.39, 0.29) is 4.90 Å². The molecule has 0 heterocycles. The van der Waals surface area contributed by atoms with Gasteiger partial charge in [0, 0.05) is 14.5 Å². The van der Waals surface area contributed by atoms with E-state index in [1.54, 1.807) is 6.07 Å². The fraction of sp³-hybridized carbons (Fsp3) is 0.538. The molecule has 1 aromatic carbocycles. The van der Waals surface area contributed by atoms with Gasteiger partial charge >= 0.3 is 0 Å². The molecule has 0 aromatic heterocycles. The van der Waals surface area contributed by atoms with Crippen LogP contribution in [0.15, 0.2) is 26.0 Å². The van der Waals surface area contributed by atoms with Crippen molar-refractivity contribution in [3.63, 3.8) is 0 Å². The quantitative estimate of drug-likeness (QED) is 0.815. The normalized spacial score (nSPS) is 16.7. The smallest absolute Gasteiger partial charge is 0.207 e. The molecule has 1 fully saturated rings. The predicted octanol–water partition coefficient (Wildman–Crippen LogP) is 3.99. The first-order valence-electron chi connectivity index (χ1n) is 6.13. The van der Waals surface area contributed by atoms with Gasteiger partial charge in [-0.1, -0.05) is 15.9 Å². The zero-order valence-electron chi connectivity index (χ0n) is 11.1. The van der Waals surface area contributed by atoms with Crippen molar-refractivity contribution < 1.29 is 8.42 Å². The molecule has 1 N–H and O–H groups in total. The highest BCUT2D eigenvalue weighted by Crippen LogP contribution is 2.40. The van der Waals surface area contributed by atoms with Gasteiger partial charge in [-0.25, -0.2) is 13.1 Å². The molecule has 0 atom stereocenters. The van der Waals surface area contributed by atoms with Gasteiger partial charge in [0.25, 0.3) is 0 Å². The van der Waals surface area contributed by atoms with Crippen LogP contribution in [0.5, 0.6) is 0 Å². The molecule has 19 heavy (non-hydrogen) atoms. The highest BCUT2D eigenvalue weighted by Gasteiger charge is 2.41. The van der Waals surface area contributed by atoms with Crippen LogP contribution in [0.2, 0.25) is 0 Å². The molecule has 0 radical (unpaired) electrons. The second kappa shape index (κ2) is 5.13. The van der Waals surface area contributed by atoms with Gasteiger partial charge in [-0.2, -0.15) is 0 Å². The summed E-state index contributed by atoms with van der Waals surface area (Å²) in [5.41, 5.74) is 0.600. The summed E-state index contributed by atoms with van der Waals surface area (Å²) in [7, 11) is -3.52. The monoisotopic (exact) mass is 409 g/mol.